The molecule has 3 atom stereocenters. The number of allylic oxidation sites excluding steroid dienone is 2. The highest BCUT2D eigenvalue weighted by molar-refractivity contribution is 9.12. The second-order valence-corrected chi connectivity index (χ2v) is 15.2. The molecule has 0 saturated carbocycles. The first-order valence-electron chi connectivity index (χ1n) is 15.1. The molecule has 0 radical (unpaired) electrons. The largest absolute Gasteiger partial charge is 0.0912 e. The number of halogens is 3. The van der Waals surface area contributed by atoms with Gasteiger partial charge in [-0.15, -0.1) is 0 Å². The third-order valence-electron chi connectivity index (χ3n) is 9.28. The first-order chi connectivity index (χ1) is 22.0. The molecular formula is C42H31Br3. The predicted octanol–water partition coefficient (Wildman–Crippen LogP) is 11.9. The highest BCUT2D eigenvalue weighted by Crippen LogP contribution is 2.77. The molecule has 0 amide bonds. The number of benzene rings is 6. The molecule has 1 aliphatic carbocycles. The number of alkyl halides is 3. The Morgan fingerprint density at radius 3 is 1.09 bits per heavy atom. The van der Waals surface area contributed by atoms with E-state index in [4.69, 9.17) is 15.9 Å². The summed E-state index contributed by atoms with van der Waals surface area (Å²) in [7, 11) is 0. The van der Waals surface area contributed by atoms with Crippen molar-refractivity contribution >= 4 is 53.4 Å². The van der Waals surface area contributed by atoms with Gasteiger partial charge in [0.1, 0.15) is 0 Å². The molecule has 0 saturated heterocycles. The lowest BCUT2D eigenvalue weighted by Crippen LogP contribution is -2.66. The van der Waals surface area contributed by atoms with Crippen LogP contribution in [0.3, 0.4) is 0 Å². The predicted molar refractivity (Wildman–Crippen MR) is 199 cm³/mol. The van der Waals surface area contributed by atoms with E-state index in [1.54, 1.807) is 0 Å². The van der Waals surface area contributed by atoms with Crippen molar-refractivity contribution in [3.63, 3.8) is 0 Å². The van der Waals surface area contributed by atoms with E-state index in [0.717, 1.165) is 22.3 Å². The lowest BCUT2D eigenvalue weighted by Gasteiger charge is -2.65. The van der Waals surface area contributed by atoms with Gasteiger partial charge in [0.2, 0.25) is 0 Å². The van der Waals surface area contributed by atoms with E-state index in [1.807, 2.05) is 0 Å². The third-order valence-corrected chi connectivity index (χ3v) is 14.3. The van der Waals surface area contributed by atoms with Crippen molar-refractivity contribution in [2.24, 2.45) is 0 Å². The monoisotopic (exact) mass is 772 g/mol. The molecule has 220 valence electrons. The Bertz CT molecular complexity index is 1870. The van der Waals surface area contributed by atoms with Gasteiger partial charge < -0.3 is 0 Å². The summed E-state index contributed by atoms with van der Waals surface area (Å²) in [6.07, 6.45) is 2.45. The molecule has 0 bridgehead atoms. The van der Waals surface area contributed by atoms with Crippen LogP contribution in [0, 0.1) is 0 Å². The van der Waals surface area contributed by atoms with Gasteiger partial charge in [0.05, 0.1) is 18.4 Å². The van der Waals surface area contributed by atoms with E-state index in [2.05, 4.69) is 220 Å². The van der Waals surface area contributed by atoms with Crippen LogP contribution in [-0.2, 0) is 18.4 Å². The second-order valence-electron chi connectivity index (χ2n) is 11.5. The van der Waals surface area contributed by atoms with Crippen LogP contribution in [0.4, 0.5) is 0 Å². The molecule has 6 aromatic rings. The van der Waals surface area contributed by atoms with Crippen LogP contribution in [0.25, 0.3) is 5.57 Å². The number of rotatable bonds is 6. The van der Waals surface area contributed by atoms with Crippen molar-refractivity contribution in [2.45, 2.75) is 18.4 Å². The summed E-state index contributed by atoms with van der Waals surface area (Å²) in [6.45, 7) is 0. The summed E-state index contributed by atoms with van der Waals surface area (Å²) in [5.74, 6) is 0. The van der Waals surface area contributed by atoms with Crippen LogP contribution in [-0.4, -0.2) is 0 Å². The van der Waals surface area contributed by atoms with E-state index in [1.165, 1.54) is 16.7 Å². The first kappa shape index (κ1) is 30.2. The molecule has 45 heavy (non-hydrogen) atoms. The number of hydrogen-bond acceptors (Lipinski definition) is 0. The summed E-state index contributed by atoms with van der Waals surface area (Å²) in [4.78, 5) is 0. The second kappa shape index (κ2) is 12.0. The standard InChI is InChI=1S/C42H31Br3/c43-39(33-21-9-2-10-22-33)31-38(32-19-7-1-8-20-32)41(44,36-27-15-5-16-28-36)40(34-23-11-3-12-24-34,35-25-13-4-14-26-35)42(39,45)37-29-17-6-18-30-37/h1-31H. The van der Waals surface area contributed by atoms with Gasteiger partial charge in [0.15, 0.2) is 0 Å². The fraction of sp³-hybridized carbons (Fsp3) is 0.0952. The molecule has 0 heterocycles. The van der Waals surface area contributed by atoms with Crippen LogP contribution in [0.15, 0.2) is 188 Å². The summed E-state index contributed by atoms with van der Waals surface area (Å²) >= 11 is 13.9. The molecule has 0 aromatic heterocycles. The van der Waals surface area contributed by atoms with E-state index in [0.29, 0.717) is 0 Å². The van der Waals surface area contributed by atoms with Gasteiger partial charge in [-0.2, -0.15) is 0 Å². The molecule has 3 heteroatoms. The summed E-state index contributed by atoms with van der Waals surface area (Å²) < 4.78 is -2.29. The highest BCUT2D eigenvalue weighted by atomic mass is 79.9. The minimum Gasteiger partial charge on any atom is -0.0764 e. The maximum Gasteiger partial charge on any atom is 0.0912 e. The first-order valence-corrected chi connectivity index (χ1v) is 17.5. The van der Waals surface area contributed by atoms with Crippen molar-refractivity contribution in [3.05, 3.63) is 221 Å². The van der Waals surface area contributed by atoms with E-state index >= 15 is 0 Å². The maximum atomic E-state index is 4.71. The molecule has 0 fully saturated rings. The van der Waals surface area contributed by atoms with Crippen molar-refractivity contribution in [1.29, 1.82) is 0 Å². The Kier molecular flexibility index (Phi) is 8.06. The molecule has 1 aliphatic rings. The highest BCUT2D eigenvalue weighted by Gasteiger charge is 2.74. The SMILES string of the molecule is BrC1(c2ccccc2)C=C(c2ccccc2)C(Br)(c2ccccc2)C(c2ccccc2)(c2ccccc2)C1(Br)c1ccccc1. The lowest BCUT2D eigenvalue weighted by molar-refractivity contribution is 0.281. The molecule has 3 unspecified atom stereocenters. The van der Waals surface area contributed by atoms with Crippen LogP contribution >= 0.6 is 47.8 Å². The Labute approximate surface area is 291 Å². The Hall–Kier alpha value is -3.50. The summed E-state index contributed by atoms with van der Waals surface area (Å²) in [6, 6.07) is 65.5. The summed E-state index contributed by atoms with van der Waals surface area (Å²) in [5, 5.41) is 0. The quantitative estimate of drug-likeness (QED) is 0.148. The molecule has 0 spiro atoms. The Morgan fingerprint density at radius 1 is 0.333 bits per heavy atom. The molecular weight excluding hydrogens is 744 g/mol. The fourth-order valence-electron chi connectivity index (χ4n) is 7.45. The average molecular weight is 775 g/mol. The van der Waals surface area contributed by atoms with Crippen molar-refractivity contribution in [3.8, 4) is 0 Å². The lowest BCUT2D eigenvalue weighted by atomic mass is 9.47. The van der Waals surface area contributed by atoms with Gasteiger partial charge in [0, 0.05) is 0 Å². The van der Waals surface area contributed by atoms with Crippen LogP contribution < -0.4 is 0 Å². The van der Waals surface area contributed by atoms with E-state index < -0.39 is 18.4 Å². The maximum absolute atomic E-state index is 4.71. The van der Waals surface area contributed by atoms with Crippen molar-refractivity contribution < 1.29 is 0 Å². The summed E-state index contributed by atoms with van der Waals surface area (Å²) in [5.41, 5.74) is 7.36. The van der Waals surface area contributed by atoms with Gasteiger partial charge in [-0.05, 0) is 39.0 Å². The van der Waals surface area contributed by atoms with Gasteiger partial charge in [-0.25, -0.2) is 0 Å². The topological polar surface area (TPSA) is 0 Å². The van der Waals surface area contributed by atoms with Gasteiger partial charge in [-0.1, -0.05) is 236 Å². The van der Waals surface area contributed by atoms with E-state index in [9.17, 15) is 0 Å². The Morgan fingerprint density at radius 2 is 0.667 bits per heavy atom. The van der Waals surface area contributed by atoms with Crippen LogP contribution in [0.5, 0.6) is 0 Å². The van der Waals surface area contributed by atoms with Gasteiger partial charge >= 0.3 is 0 Å². The average Bonchev–Trinajstić information content (AvgIpc) is 3.12. The van der Waals surface area contributed by atoms with Crippen molar-refractivity contribution in [2.75, 3.05) is 0 Å². The smallest absolute Gasteiger partial charge is 0.0764 e. The Balaban J connectivity index is 1.81. The zero-order valence-electron chi connectivity index (χ0n) is 24.5. The van der Waals surface area contributed by atoms with Crippen LogP contribution in [0.1, 0.15) is 33.4 Å². The molecule has 7 rings (SSSR count). The number of hydrogen-bond donors (Lipinski definition) is 0. The van der Waals surface area contributed by atoms with E-state index in [-0.39, 0.29) is 0 Å². The molecule has 6 aromatic carbocycles. The van der Waals surface area contributed by atoms with Gasteiger partial charge in [0.25, 0.3) is 0 Å². The third kappa shape index (κ3) is 4.42. The zero-order valence-corrected chi connectivity index (χ0v) is 29.3. The molecule has 0 N–H and O–H groups in total. The molecule has 0 aliphatic heterocycles. The van der Waals surface area contributed by atoms with Crippen molar-refractivity contribution in [1.82, 2.24) is 0 Å². The molecule has 0 nitrogen and oxygen atoms in total. The minimum absolute atomic E-state index is 0.731. The van der Waals surface area contributed by atoms with Gasteiger partial charge in [-0.3, -0.25) is 0 Å². The zero-order chi connectivity index (χ0) is 31.0. The van der Waals surface area contributed by atoms with Crippen LogP contribution in [0.2, 0.25) is 0 Å². The minimum atomic E-state index is -0.796. The normalized spacial score (nSPS) is 24.0. The fourth-order valence-corrected chi connectivity index (χ4v) is 11.5.